The highest BCUT2D eigenvalue weighted by Crippen LogP contribution is 2.29. The van der Waals surface area contributed by atoms with Crippen LogP contribution in [0.1, 0.15) is 44.1 Å². The molecule has 1 aromatic rings. The van der Waals surface area contributed by atoms with Gasteiger partial charge >= 0.3 is 11.9 Å². The molecule has 0 aliphatic rings. The molecule has 0 saturated carbocycles. The largest absolute Gasteiger partial charge is 0.493 e. The van der Waals surface area contributed by atoms with Gasteiger partial charge in [0.25, 0.3) is 5.91 Å². The Bertz CT molecular complexity index is 674. The molecule has 1 aromatic heterocycles. The van der Waals surface area contributed by atoms with E-state index in [-0.39, 0.29) is 23.3 Å². The standard InChI is InChI=1S/C18H24N2O6/c1-6-7-8-11(2)25-18(23)12(3)20-17(22)15-16(26-13(4)21)14(24-5)9-10-19-15/h6,9-12H,1,7-8H2,2-5H3,(H,20,22)/t11-,12-/m0/s1. The van der Waals surface area contributed by atoms with Crippen LogP contribution in [-0.2, 0) is 14.3 Å². The number of carbonyl (C=O) groups is 3. The van der Waals surface area contributed by atoms with Crippen LogP contribution in [0.4, 0.5) is 0 Å². The van der Waals surface area contributed by atoms with Crippen LogP contribution in [0.3, 0.4) is 0 Å². The Morgan fingerprint density at radius 2 is 2.04 bits per heavy atom. The van der Waals surface area contributed by atoms with Crippen molar-refractivity contribution in [1.82, 2.24) is 10.3 Å². The lowest BCUT2D eigenvalue weighted by atomic mass is 10.2. The highest BCUT2D eigenvalue weighted by atomic mass is 16.6. The molecule has 1 N–H and O–H groups in total. The number of hydrogen-bond donors (Lipinski definition) is 1. The molecular formula is C18H24N2O6. The summed E-state index contributed by atoms with van der Waals surface area (Å²) in [6, 6.07) is 0.542. The Kier molecular flexibility index (Phi) is 8.27. The van der Waals surface area contributed by atoms with Gasteiger partial charge in [0.1, 0.15) is 6.04 Å². The molecular weight excluding hydrogens is 340 g/mol. The molecule has 0 saturated heterocycles. The number of allylic oxidation sites excluding steroid dienone is 1. The third-order valence-corrected chi connectivity index (χ3v) is 3.35. The molecule has 0 spiro atoms. The van der Waals surface area contributed by atoms with Crippen molar-refractivity contribution >= 4 is 17.8 Å². The van der Waals surface area contributed by atoms with E-state index in [0.29, 0.717) is 12.8 Å². The Labute approximate surface area is 152 Å². The van der Waals surface area contributed by atoms with Gasteiger partial charge in [0.15, 0.2) is 11.4 Å². The van der Waals surface area contributed by atoms with Gasteiger partial charge in [-0.05, 0) is 26.7 Å². The molecule has 0 bridgehead atoms. The zero-order chi connectivity index (χ0) is 19.7. The second-order valence-corrected chi connectivity index (χ2v) is 5.59. The maximum Gasteiger partial charge on any atom is 0.328 e. The summed E-state index contributed by atoms with van der Waals surface area (Å²) >= 11 is 0. The number of ether oxygens (including phenoxy) is 3. The van der Waals surface area contributed by atoms with Crippen LogP contribution in [0.5, 0.6) is 11.5 Å². The Morgan fingerprint density at radius 1 is 1.35 bits per heavy atom. The lowest BCUT2D eigenvalue weighted by Gasteiger charge is -2.18. The maximum absolute atomic E-state index is 12.4. The highest BCUT2D eigenvalue weighted by Gasteiger charge is 2.25. The van der Waals surface area contributed by atoms with E-state index in [1.165, 1.54) is 33.2 Å². The molecule has 0 fully saturated rings. The molecule has 142 valence electrons. The van der Waals surface area contributed by atoms with Gasteiger partial charge in [-0.2, -0.15) is 0 Å². The van der Waals surface area contributed by atoms with Crippen molar-refractivity contribution in [2.75, 3.05) is 7.11 Å². The van der Waals surface area contributed by atoms with E-state index in [1.54, 1.807) is 13.0 Å². The van der Waals surface area contributed by atoms with Crippen LogP contribution in [0, 0.1) is 0 Å². The van der Waals surface area contributed by atoms with Crippen molar-refractivity contribution in [3.63, 3.8) is 0 Å². The van der Waals surface area contributed by atoms with E-state index in [2.05, 4.69) is 16.9 Å². The Morgan fingerprint density at radius 3 is 2.62 bits per heavy atom. The first-order valence-electron chi connectivity index (χ1n) is 8.13. The molecule has 8 heteroatoms. The van der Waals surface area contributed by atoms with Crippen LogP contribution < -0.4 is 14.8 Å². The number of aromatic nitrogens is 1. The van der Waals surface area contributed by atoms with Gasteiger partial charge in [0.05, 0.1) is 13.2 Å². The zero-order valence-corrected chi connectivity index (χ0v) is 15.4. The van der Waals surface area contributed by atoms with Crippen LogP contribution in [0.15, 0.2) is 24.9 Å². The third-order valence-electron chi connectivity index (χ3n) is 3.35. The number of hydrogen-bond acceptors (Lipinski definition) is 7. The summed E-state index contributed by atoms with van der Waals surface area (Å²) < 4.78 is 15.4. The molecule has 8 nitrogen and oxygen atoms in total. The summed E-state index contributed by atoms with van der Waals surface area (Å²) in [6.45, 7) is 8.06. The lowest BCUT2D eigenvalue weighted by Crippen LogP contribution is -2.41. The topological polar surface area (TPSA) is 104 Å². The number of pyridine rings is 1. The van der Waals surface area contributed by atoms with Gasteiger partial charge in [0.2, 0.25) is 5.75 Å². The van der Waals surface area contributed by atoms with Gasteiger partial charge in [0, 0.05) is 19.2 Å². The summed E-state index contributed by atoms with van der Waals surface area (Å²) in [6.07, 6.45) is 4.13. The number of rotatable bonds is 9. The number of amides is 1. The van der Waals surface area contributed by atoms with Gasteiger partial charge < -0.3 is 19.5 Å². The average molecular weight is 364 g/mol. The fourth-order valence-corrected chi connectivity index (χ4v) is 2.03. The molecule has 0 aliphatic heterocycles. The van der Waals surface area contributed by atoms with E-state index < -0.39 is 23.9 Å². The van der Waals surface area contributed by atoms with Crippen LogP contribution >= 0.6 is 0 Å². The van der Waals surface area contributed by atoms with Gasteiger partial charge in [-0.1, -0.05) is 6.08 Å². The molecule has 26 heavy (non-hydrogen) atoms. The molecule has 0 aliphatic carbocycles. The molecule has 0 aromatic carbocycles. The van der Waals surface area contributed by atoms with Crippen molar-refractivity contribution < 1.29 is 28.6 Å². The first kappa shape index (κ1) is 21.1. The molecule has 0 unspecified atom stereocenters. The lowest BCUT2D eigenvalue weighted by molar-refractivity contribution is -0.150. The molecule has 1 rings (SSSR count). The minimum absolute atomic E-state index is 0.111. The number of carbonyl (C=O) groups excluding carboxylic acids is 3. The summed E-state index contributed by atoms with van der Waals surface area (Å²) in [7, 11) is 1.37. The van der Waals surface area contributed by atoms with Crippen LogP contribution in [0.25, 0.3) is 0 Å². The van der Waals surface area contributed by atoms with Gasteiger partial charge in [-0.3, -0.25) is 9.59 Å². The van der Waals surface area contributed by atoms with Crippen LogP contribution in [-0.4, -0.2) is 42.1 Å². The predicted octanol–water partition coefficient (Wildman–Crippen LogP) is 2.03. The minimum atomic E-state index is -0.910. The quantitative estimate of drug-likeness (QED) is 0.528. The zero-order valence-electron chi connectivity index (χ0n) is 15.4. The highest BCUT2D eigenvalue weighted by molar-refractivity contribution is 5.98. The summed E-state index contributed by atoms with van der Waals surface area (Å²) in [5, 5.41) is 2.48. The first-order chi connectivity index (χ1) is 12.3. The minimum Gasteiger partial charge on any atom is -0.493 e. The van der Waals surface area contributed by atoms with E-state index in [0.717, 1.165) is 0 Å². The molecule has 1 heterocycles. The fraction of sp³-hybridized carbons (Fsp3) is 0.444. The van der Waals surface area contributed by atoms with Gasteiger partial charge in [-0.25, -0.2) is 9.78 Å². The molecule has 0 radical (unpaired) electrons. The number of nitrogens with zero attached hydrogens (tertiary/aromatic N) is 1. The summed E-state index contributed by atoms with van der Waals surface area (Å²) in [5.74, 6) is -1.84. The SMILES string of the molecule is C=CCC[C@H](C)OC(=O)[C@H](C)NC(=O)c1nccc(OC)c1OC(C)=O. The smallest absolute Gasteiger partial charge is 0.328 e. The number of nitrogens with one attached hydrogen (secondary N) is 1. The average Bonchev–Trinajstić information content (AvgIpc) is 2.59. The van der Waals surface area contributed by atoms with E-state index >= 15 is 0 Å². The van der Waals surface area contributed by atoms with Crippen molar-refractivity contribution in [1.29, 1.82) is 0 Å². The van der Waals surface area contributed by atoms with Crippen molar-refractivity contribution in [3.8, 4) is 11.5 Å². The Hall–Kier alpha value is -2.90. The molecule has 1 amide bonds. The Balaban J connectivity index is 2.85. The predicted molar refractivity (Wildman–Crippen MR) is 94.0 cm³/mol. The van der Waals surface area contributed by atoms with Crippen molar-refractivity contribution in [3.05, 3.63) is 30.6 Å². The van der Waals surface area contributed by atoms with Crippen molar-refractivity contribution in [2.24, 2.45) is 0 Å². The normalized spacial score (nSPS) is 12.5. The van der Waals surface area contributed by atoms with Crippen LogP contribution in [0.2, 0.25) is 0 Å². The van der Waals surface area contributed by atoms with E-state index in [4.69, 9.17) is 14.2 Å². The molecule has 2 atom stereocenters. The third kappa shape index (κ3) is 6.19. The summed E-state index contributed by atoms with van der Waals surface area (Å²) in [5.41, 5.74) is -0.168. The van der Waals surface area contributed by atoms with Crippen molar-refractivity contribution in [2.45, 2.75) is 45.8 Å². The number of esters is 2. The number of methoxy groups -OCH3 is 1. The summed E-state index contributed by atoms with van der Waals surface area (Å²) in [4.78, 5) is 39.7. The van der Waals surface area contributed by atoms with Gasteiger partial charge in [-0.15, -0.1) is 6.58 Å². The van der Waals surface area contributed by atoms with E-state index in [1.807, 2.05) is 0 Å². The monoisotopic (exact) mass is 364 g/mol. The second kappa shape index (κ2) is 10.2. The fourth-order valence-electron chi connectivity index (χ4n) is 2.03. The second-order valence-electron chi connectivity index (χ2n) is 5.59. The maximum atomic E-state index is 12.4. The van der Waals surface area contributed by atoms with E-state index in [9.17, 15) is 14.4 Å². The first-order valence-corrected chi connectivity index (χ1v) is 8.13.